The molecular weight excluding hydrogens is 416 g/mol. The van der Waals surface area contributed by atoms with Crippen LogP contribution in [0, 0.1) is 17.2 Å². The summed E-state index contributed by atoms with van der Waals surface area (Å²) in [6, 6.07) is 7.94. The molecule has 8 nitrogen and oxygen atoms in total. The van der Waals surface area contributed by atoms with E-state index in [1.165, 1.54) is 30.2 Å². The van der Waals surface area contributed by atoms with Crippen LogP contribution < -0.4 is 0 Å². The quantitative estimate of drug-likeness (QED) is 0.357. The number of hydrogen-bond acceptors (Lipinski definition) is 5. The molecule has 4 heterocycles. The van der Waals surface area contributed by atoms with Gasteiger partial charge in [-0.3, -0.25) is 4.79 Å². The van der Waals surface area contributed by atoms with Crippen LogP contribution in [0.5, 0.6) is 0 Å². The van der Waals surface area contributed by atoms with Gasteiger partial charge in [-0.15, -0.1) is 0 Å². The Kier molecular flexibility index (Phi) is 5.25. The van der Waals surface area contributed by atoms with Crippen LogP contribution in [-0.2, 0) is 4.79 Å². The molecular formula is C25H26N6O2. The van der Waals surface area contributed by atoms with Gasteiger partial charge in [0.15, 0.2) is 11.6 Å². The van der Waals surface area contributed by atoms with Gasteiger partial charge in [-0.25, -0.2) is 9.97 Å². The number of aromatic nitrogens is 4. The maximum Gasteiger partial charge on any atom is 0.264 e. The van der Waals surface area contributed by atoms with Crippen LogP contribution >= 0.6 is 0 Å². The number of rotatable bonds is 4. The van der Waals surface area contributed by atoms with Crippen molar-refractivity contribution in [3.05, 3.63) is 41.9 Å². The topological polar surface area (TPSA) is 104 Å². The molecule has 5 rings (SSSR count). The molecule has 0 radical (unpaired) electrons. The Morgan fingerprint density at radius 2 is 2.12 bits per heavy atom. The number of likely N-dealkylation sites (N-methyl/N-ethyl adjacent to an activating group) is 1. The summed E-state index contributed by atoms with van der Waals surface area (Å²) < 4.78 is 8.43. The summed E-state index contributed by atoms with van der Waals surface area (Å²) in [5, 5.41) is 10.5. The number of aromatic amines is 1. The van der Waals surface area contributed by atoms with Gasteiger partial charge in [-0.05, 0) is 37.0 Å². The van der Waals surface area contributed by atoms with Gasteiger partial charge in [0.1, 0.15) is 28.6 Å². The van der Waals surface area contributed by atoms with Gasteiger partial charge in [0.05, 0.1) is 11.7 Å². The van der Waals surface area contributed by atoms with E-state index in [0.29, 0.717) is 23.5 Å². The zero-order valence-corrected chi connectivity index (χ0v) is 19.0. The normalized spacial score (nSPS) is 19.2. The van der Waals surface area contributed by atoms with E-state index in [1.54, 1.807) is 26.4 Å². The van der Waals surface area contributed by atoms with E-state index in [0.717, 1.165) is 34.3 Å². The third kappa shape index (κ3) is 3.59. The number of carbonyl (C=O) groups excluding carboxylic acids is 1. The Morgan fingerprint density at radius 1 is 1.30 bits per heavy atom. The Morgan fingerprint density at radius 3 is 2.88 bits per heavy atom. The SMILES string of the molecule is C[C@@H]1CCCC[C@@H]1n1c(-c2ccc(/C=C(/C#N)C(=O)N(C)C)o2)nc2cnc3[nH]ccc3c21. The smallest absolute Gasteiger partial charge is 0.264 e. The summed E-state index contributed by atoms with van der Waals surface area (Å²) in [5.74, 6) is 1.94. The van der Waals surface area contributed by atoms with Crippen molar-refractivity contribution in [3.63, 3.8) is 0 Å². The van der Waals surface area contributed by atoms with Crippen molar-refractivity contribution in [2.45, 2.75) is 38.6 Å². The molecule has 0 unspecified atom stereocenters. The number of nitrogens with one attached hydrogen (secondary N) is 1. The summed E-state index contributed by atoms with van der Waals surface area (Å²) >= 11 is 0. The van der Waals surface area contributed by atoms with Crippen LogP contribution in [0.1, 0.15) is 44.4 Å². The lowest BCUT2D eigenvalue weighted by molar-refractivity contribution is -0.124. The lowest BCUT2D eigenvalue weighted by Crippen LogP contribution is -2.22. The van der Waals surface area contributed by atoms with Gasteiger partial charge in [-0.2, -0.15) is 5.26 Å². The van der Waals surface area contributed by atoms with Crippen molar-refractivity contribution >= 4 is 34.1 Å². The molecule has 1 aliphatic carbocycles. The van der Waals surface area contributed by atoms with E-state index >= 15 is 0 Å². The first-order chi connectivity index (χ1) is 16.0. The molecule has 1 amide bonds. The van der Waals surface area contributed by atoms with E-state index in [9.17, 15) is 10.1 Å². The highest BCUT2D eigenvalue weighted by atomic mass is 16.3. The summed E-state index contributed by atoms with van der Waals surface area (Å²) in [5.41, 5.74) is 2.74. The molecule has 1 N–H and O–H groups in total. The number of H-pyrrole nitrogens is 1. The molecule has 2 atom stereocenters. The van der Waals surface area contributed by atoms with Gasteiger partial charge < -0.3 is 18.9 Å². The van der Waals surface area contributed by atoms with Crippen molar-refractivity contribution in [3.8, 4) is 17.7 Å². The van der Waals surface area contributed by atoms with Crippen molar-refractivity contribution in [1.29, 1.82) is 5.26 Å². The van der Waals surface area contributed by atoms with E-state index in [1.807, 2.05) is 24.4 Å². The van der Waals surface area contributed by atoms with E-state index < -0.39 is 0 Å². The molecule has 0 saturated heterocycles. The Bertz CT molecular complexity index is 1410. The Balaban J connectivity index is 1.67. The molecule has 0 aromatic carbocycles. The third-order valence-electron chi connectivity index (χ3n) is 6.52. The average Bonchev–Trinajstić information content (AvgIpc) is 3.54. The average molecular weight is 443 g/mol. The standard InChI is InChI=1S/C25H26N6O2/c1-15-6-4-5-7-20(15)31-22-18-10-11-27-23(18)28-14-19(22)29-24(31)21-9-8-17(33-21)12-16(13-26)25(32)30(2)3/h8-12,14-15,20H,4-7H2,1-3H3,(H,27,28)/b16-12-/t15-,20+/m1/s1. The molecule has 0 bridgehead atoms. The molecule has 8 heteroatoms. The fourth-order valence-electron chi connectivity index (χ4n) is 4.84. The number of carbonyl (C=O) groups is 1. The first-order valence-corrected chi connectivity index (χ1v) is 11.3. The Labute approximate surface area is 191 Å². The lowest BCUT2D eigenvalue weighted by atomic mass is 9.85. The molecule has 4 aromatic heterocycles. The molecule has 1 fully saturated rings. The van der Waals surface area contributed by atoms with Crippen molar-refractivity contribution in [1.82, 2.24) is 24.4 Å². The summed E-state index contributed by atoms with van der Waals surface area (Å²) in [4.78, 5) is 26.3. The highest BCUT2D eigenvalue weighted by Gasteiger charge is 2.29. The minimum absolute atomic E-state index is 0.0218. The predicted molar refractivity (Wildman–Crippen MR) is 126 cm³/mol. The van der Waals surface area contributed by atoms with Gasteiger partial charge in [0.2, 0.25) is 0 Å². The highest BCUT2D eigenvalue weighted by Crippen LogP contribution is 2.41. The first-order valence-electron chi connectivity index (χ1n) is 11.3. The van der Waals surface area contributed by atoms with E-state index in [2.05, 4.69) is 21.5 Å². The zero-order valence-electron chi connectivity index (χ0n) is 19.0. The number of imidazole rings is 1. The Hall–Kier alpha value is -3.86. The lowest BCUT2D eigenvalue weighted by Gasteiger charge is -2.31. The molecule has 0 spiro atoms. The van der Waals surface area contributed by atoms with Crippen molar-refractivity contribution in [2.75, 3.05) is 14.1 Å². The van der Waals surface area contributed by atoms with Crippen molar-refractivity contribution < 1.29 is 9.21 Å². The monoisotopic (exact) mass is 442 g/mol. The molecule has 0 aliphatic heterocycles. The van der Waals surface area contributed by atoms with E-state index in [4.69, 9.17) is 9.40 Å². The number of pyridine rings is 1. The van der Waals surface area contributed by atoms with Gasteiger partial charge >= 0.3 is 0 Å². The second-order valence-corrected chi connectivity index (χ2v) is 8.94. The fraction of sp³-hybridized carbons (Fsp3) is 0.360. The number of amides is 1. The first kappa shape index (κ1) is 21.0. The second-order valence-electron chi connectivity index (χ2n) is 8.94. The number of furan rings is 1. The third-order valence-corrected chi connectivity index (χ3v) is 6.52. The minimum atomic E-state index is -0.361. The van der Waals surface area contributed by atoms with Crippen LogP contribution in [-0.4, -0.2) is 44.4 Å². The zero-order chi connectivity index (χ0) is 23.1. The van der Waals surface area contributed by atoms with Crippen molar-refractivity contribution in [2.24, 2.45) is 5.92 Å². The van der Waals surface area contributed by atoms with Crippen LogP contribution in [0.3, 0.4) is 0 Å². The molecule has 4 aromatic rings. The molecule has 1 saturated carbocycles. The van der Waals surface area contributed by atoms with Gasteiger partial charge in [0.25, 0.3) is 5.91 Å². The highest BCUT2D eigenvalue weighted by molar-refractivity contribution is 6.02. The van der Waals surface area contributed by atoms with E-state index in [-0.39, 0.29) is 11.5 Å². The summed E-state index contributed by atoms with van der Waals surface area (Å²) in [6.45, 7) is 2.30. The number of nitriles is 1. The number of hydrogen-bond donors (Lipinski definition) is 1. The van der Waals surface area contributed by atoms with Gasteiger partial charge in [-0.1, -0.05) is 19.8 Å². The maximum absolute atomic E-state index is 12.2. The summed E-state index contributed by atoms with van der Waals surface area (Å²) in [7, 11) is 3.23. The second kappa shape index (κ2) is 8.24. The van der Waals surface area contributed by atoms with Crippen LogP contribution in [0.4, 0.5) is 0 Å². The number of nitrogens with zero attached hydrogens (tertiary/aromatic N) is 5. The maximum atomic E-state index is 12.2. The number of fused-ring (bicyclic) bond motifs is 3. The summed E-state index contributed by atoms with van der Waals surface area (Å²) in [6.07, 6.45) is 9.86. The largest absolute Gasteiger partial charge is 0.453 e. The van der Waals surface area contributed by atoms with Crippen LogP contribution in [0.2, 0.25) is 0 Å². The fourth-order valence-corrected chi connectivity index (χ4v) is 4.84. The molecule has 168 valence electrons. The van der Waals surface area contributed by atoms with Crippen LogP contribution in [0.15, 0.2) is 40.6 Å². The minimum Gasteiger partial charge on any atom is -0.453 e. The predicted octanol–water partition coefficient (Wildman–Crippen LogP) is 4.92. The molecule has 1 aliphatic rings. The van der Waals surface area contributed by atoms with Gasteiger partial charge in [0, 0.05) is 37.8 Å². The van der Waals surface area contributed by atoms with Crippen LogP contribution in [0.25, 0.3) is 39.7 Å². The molecule has 33 heavy (non-hydrogen) atoms.